The fraction of sp³-hybridized carbons (Fsp3) is 0.667. The lowest BCUT2D eigenvalue weighted by atomic mass is 9.93. The van der Waals surface area contributed by atoms with Gasteiger partial charge in [-0.1, -0.05) is 0 Å². The highest BCUT2D eigenvalue weighted by Gasteiger charge is 2.31. The average Bonchev–Trinajstić information content (AvgIpc) is 2.76. The maximum Gasteiger partial charge on any atom is 0.303 e. The third-order valence-corrected chi connectivity index (χ3v) is 3.24. The largest absolute Gasteiger partial charge is 0.481 e. The van der Waals surface area contributed by atoms with Gasteiger partial charge in [0.15, 0.2) is 0 Å². The summed E-state index contributed by atoms with van der Waals surface area (Å²) in [6, 6.07) is 0. The molecule has 2 rings (SSSR count). The zero-order chi connectivity index (χ0) is 12.3. The molecule has 0 radical (unpaired) electrons. The fourth-order valence-corrected chi connectivity index (χ4v) is 2.13. The minimum atomic E-state index is -0.803. The molecule has 1 fully saturated rings. The van der Waals surface area contributed by atoms with Crippen LogP contribution in [0.25, 0.3) is 0 Å². The van der Waals surface area contributed by atoms with E-state index in [4.69, 9.17) is 9.84 Å². The molecular formula is C12H18N2O3. The van der Waals surface area contributed by atoms with Crippen LogP contribution < -0.4 is 0 Å². The van der Waals surface area contributed by atoms with Gasteiger partial charge in [-0.2, -0.15) is 0 Å². The van der Waals surface area contributed by atoms with E-state index >= 15 is 0 Å². The number of nitrogens with zero attached hydrogens (tertiary/aromatic N) is 1. The van der Waals surface area contributed by atoms with Crippen LogP contribution in [0.4, 0.5) is 0 Å². The van der Waals surface area contributed by atoms with Crippen LogP contribution in [0.3, 0.4) is 0 Å². The van der Waals surface area contributed by atoms with E-state index in [2.05, 4.69) is 16.9 Å². The van der Waals surface area contributed by atoms with Crippen LogP contribution in [-0.4, -0.2) is 27.7 Å². The molecule has 0 bridgehead atoms. The molecule has 17 heavy (non-hydrogen) atoms. The number of rotatable bonds is 4. The Kier molecular flexibility index (Phi) is 3.47. The summed E-state index contributed by atoms with van der Waals surface area (Å²) in [5.74, 6) is -0.0825. The second kappa shape index (κ2) is 4.87. The minimum Gasteiger partial charge on any atom is -0.481 e. The number of hydrogen-bond donors (Lipinski definition) is 2. The second-order valence-corrected chi connectivity index (χ2v) is 4.67. The van der Waals surface area contributed by atoms with Crippen molar-refractivity contribution >= 4 is 5.97 Å². The van der Waals surface area contributed by atoms with Crippen LogP contribution in [0, 0.1) is 0 Å². The van der Waals surface area contributed by atoms with Crippen molar-refractivity contribution in [3.05, 3.63) is 17.7 Å². The molecule has 1 aromatic rings. The summed E-state index contributed by atoms with van der Waals surface area (Å²) in [4.78, 5) is 17.9. The van der Waals surface area contributed by atoms with Crippen LogP contribution >= 0.6 is 0 Å². The third kappa shape index (κ3) is 2.85. The number of carbonyl (C=O) groups is 1. The topological polar surface area (TPSA) is 75.2 Å². The van der Waals surface area contributed by atoms with Gasteiger partial charge in [-0.05, 0) is 26.2 Å². The summed E-state index contributed by atoms with van der Waals surface area (Å²) in [6.45, 7) is 2.83. The van der Waals surface area contributed by atoms with Crippen LogP contribution in [0.5, 0.6) is 0 Å². The number of carboxylic acid groups (broad SMARTS) is 1. The second-order valence-electron chi connectivity index (χ2n) is 4.67. The molecule has 1 saturated heterocycles. The first-order valence-corrected chi connectivity index (χ1v) is 6.00. The number of aromatic nitrogens is 2. The van der Waals surface area contributed by atoms with Crippen LogP contribution in [0.15, 0.2) is 6.20 Å². The van der Waals surface area contributed by atoms with Crippen LogP contribution in [-0.2, 0) is 21.6 Å². The summed E-state index contributed by atoms with van der Waals surface area (Å²) in [7, 11) is 0. The number of aryl methyl sites for hydroxylation is 1. The van der Waals surface area contributed by atoms with Gasteiger partial charge in [0.05, 0.1) is 18.3 Å². The summed E-state index contributed by atoms with van der Waals surface area (Å²) < 4.78 is 5.80. The molecule has 0 aliphatic carbocycles. The first-order valence-electron chi connectivity index (χ1n) is 6.00. The maximum absolute atomic E-state index is 10.5. The number of ether oxygens (including phenoxy) is 1. The Balaban J connectivity index is 2.03. The maximum atomic E-state index is 10.5. The Morgan fingerprint density at radius 1 is 1.65 bits per heavy atom. The SMILES string of the molecule is CC1(c2cnc(CCC(=O)O)[nH]2)CCCCO1. The molecule has 1 unspecified atom stereocenters. The molecule has 94 valence electrons. The first kappa shape index (κ1) is 12.1. The van der Waals surface area contributed by atoms with Gasteiger partial charge >= 0.3 is 5.97 Å². The Morgan fingerprint density at radius 2 is 2.47 bits per heavy atom. The van der Waals surface area contributed by atoms with Gasteiger partial charge < -0.3 is 14.8 Å². The normalized spacial score (nSPS) is 24.8. The molecule has 1 atom stereocenters. The van der Waals surface area contributed by atoms with Gasteiger partial charge in [0.2, 0.25) is 0 Å². The summed E-state index contributed by atoms with van der Waals surface area (Å²) in [5, 5.41) is 8.61. The fourth-order valence-electron chi connectivity index (χ4n) is 2.13. The standard InChI is InChI=1S/C12H18N2O3/c1-12(6-2-3-7-17-12)9-8-13-10(14-9)4-5-11(15)16/h8H,2-7H2,1H3,(H,13,14)(H,15,16). The highest BCUT2D eigenvalue weighted by Crippen LogP contribution is 2.33. The Morgan fingerprint density at radius 3 is 3.12 bits per heavy atom. The molecule has 1 aromatic heterocycles. The van der Waals surface area contributed by atoms with E-state index in [1.54, 1.807) is 6.20 Å². The van der Waals surface area contributed by atoms with E-state index < -0.39 is 5.97 Å². The van der Waals surface area contributed by atoms with E-state index in [1.165, 1.54) is 0 Å². The number of nitrogens with one attached hydrogen (secondary N) is 1. The lowest BCUT2D eigenvalue weighted by Gasteiger charge is -2.32. The van der Waals surface area contributed by atoms with Crippen molar-refractivity contribution in [2.45, 2.75) is 44.6 Å². The van der Waals surface area contributed by atoms with Crippen molar-refractivity contribution < 1.29 is 14.6 Å². The number of H-pyrrole nitrogens is 1. The van der Waals surface area contributed by atoms with E-state index in [0.29, 0.717) is 6.42 Å². The average molecular weight is 238 g/mol. The van der Waals surface area contributed by atoms with Gasteiger partial charge in [-0.15, -0.1) is 0 Å². The van der Waals surface area contributed by atoms with Gasteiger partial charge in [0, 0.05) is 13.0 Å². The van der Waals surface area contributed by atoms with Crippen molar-refractivity contribution in [3.8, 4) is 0 Å². The van der Waals surface area contributed by atoms with Crippen molar-refractivity contribution in [2.75, 3.05) is 6.61 Å². The molecule has 5 nitrogen and oxygen atoms in total. The third-order valence-electron chi connectivity index (χ3n) is 3.24. The Bertz CT molecular complexity index is 394. The van der Waals surface area contributed by atoms with E-state index in [-0.39, 0.29) is 12.0 Å². The molecule has 0 aromatic carbocycles. The summed E-state index contributed by atoms with van der Waals surface area (Å²) in [5.41, 5.74) is 0.671. The zero-order valence-electron chi connectivity index (χ0n) is 10.0. The highest BCUT2D eigenvalue weighted by molar-refractivity contribution is 5.66. The number of imidazole rings is 1. The lowest BCUT2D eigenvalue weighted by molar-refractivity contribution is -0.137. The first-order chi connectivity index (χ1) is 8.10. The minimum absolute atomic E-state index is 0.102. The van der Waals surface area contributed by atoms with Gasteiger partial charge in [-0.3, -0.25) is 4.79 Å². The van der Waals surface area contributed by atoms with Crippen molar-refractivity contribution in [1.29, 1.82) is 0 Å². The Hall–Kier alpha value is -1.36. The van der Waals surface area contributed by atoms with Gasteiger partial charge in [-0.25, -0.2) is 4.98 Å². The summed E-state index contributed by atoms with van der Waals surface area (Å²) in [6.07, 6.45) is 5.54. The lowest BCUT2D eigenvalue weighted by Crippen LogP contribution is -2.30. The van der Waals surface area contributed by atoms with E-state index in [1.807, 2.05) is 0 Å². The molecule has 2 heterocycles. The van der Waals surface area contributed by atoms with Crippen molar-refractivity contribution in [2.24, 2.45) is 0 Å². The molecule has 0 spiro atoms. The molecule has 0 amide bonds. The predicted molar refractivity (Wildman–Crippen MR) is 61.7 cm³/mol. The molecule has 0 saturated carbocycles. The highest BCUT2D eigenvalue weighted by atomic mass is 16.5. The van der Waals surface area contributed by atoms with Crippen LogP contribution in [0.1, 0.15) is 44.1 Å². The van der Waals surface area contributed by atoms with Gasteiger partial charge in [0.25, 0.3) is 0 Å². The summed E-state index contributed by atoms with van der Waals surface area (Å²) >= 11 is 0. The Labute approximate surface area is 100 Å². The quantitative estimate of drug-likeness (QED) is 0.839. The monoisotopic (exact) mass is 238 g/mol. The molecule has 1 aliphatic heterocycles. The predicted octanol–water partition coefficient (Wildman–Crippen LogP) is 1.84. The number of aliphatic carboxylic acids is 1. The van der Waals surface area contributed by atoms with Crippen molar-refractivity contribution in [1.82, 2.24) is 9.97 Å². The number of aromatic amines is 1. The molecular weight excluding hydrogens is 220 g/mol. The number of carboxylic acids is 1. The zero-order valence-corrected chi connectivity index (χ0v) is 10.0. The van der Waals surface area contributed by atoms with Crippen molar-refractivity contribution in [3.63, 3.8) is 0 Å². The van der Waals surface area contributed by atoms with Gasteiger partial charge in [0.1, 0.15) is 11.4 Å². The van der Waals surface area contributed by atoms with E-state index in [0.717, 1.165) is 37.4 Å². The molecule has 1 aliphatic rings. The number of hydrogen-bond acceptors (Lipinski definition) is 3. The molecule has 5 heteroatoms. The van der Waals surface area contributed by atoms with E-state index in [9.17, 15) is 4.79 Å². The van der Waals surface area contributed by atoms with Crippen LogP contribution in [0.2, 0.25) is 0 Å². The molecule has 2 N–H and O–H groups in total. The smallest absolute Gasteiger partial charge is 0.303 e.